The molecule has 1 heteroatoms. The van der Waals surface area contributed by atoms with E-state index in [1.807, 2.05) is 42.5 Å². The van der Waals surface area contributed by atoms with Gasteiger partial charge in [0, 0.05) is 11.1 Å². The fraction of sp³-hybridized carbons (Fsp3) is 0.0625. The van der Waals surface area contributed by atoms with E-state index in [2.05, 4.69) is 35.8 Å². The largest absolute Gasteiger partial charge is 0.280 e. The Bertz CT molecular complexity index is 456. The van der Waals surface area contributed by atoms with Gasteiger partial charge in [-0.15, -0.1) is 6.58 Å². The van der Waals surface area contributed by atoms with Crippen molar-refractivity contribution in [3.63, 3.8) is 0 Å². The van der Waals surface area contributed by atoms with Crippen LogP contribution in [0.5, 0.6) is 0 Å². The Kier molecular flexibility index (Phi) is 3.87. The zero-order valence-electron chi connectivity index (χ0n) is 9.71. The molecule has 0 N–H and O–H groups in total. The van der Waals surface area contributed by atoms with Crippen LogP contribution < -0.4 is 0 Å². The summed E-state index contributed by atoms with van der Waals surface area (Å²) in [4.78, 5) is 4.58. The first-order valence-electron chi connectivity index (χ1n) is 5.68. The second-order valence-electron chi connectivity index (χ2n) is 3.71. The molecule has 0 aliphatic heterocycles. The highest BCUT2D eigenvalue weighted by Crippen LogP contribution is 2.10. The van der Waals surface area contributed by atoms with Crippen LogP contribution in [0.2, 0.25) is 0 Å². The Balaban J connectivity index is 2.43. The van der Waals surface area contributed by atoms with Gasteiger partial charge in [0.2, 0.25) is 0 Å². The van der Waals surface area contributed by atoms with Crippen LogP contribution in [-0.4, -0.2) is 12.3 Å². The lowest BCUT2D eigenvalue weighted by Crippen LogP contribution is -2.03. The minimum Gasteiger partial charge on any atom is -0.280 e. The molecule has 0 aromatic heterocycles. The van der Waals surface area contributed by atoms with Crippen molar-refractivity contribution in [3.8, 4) is 0 Å². The van der Waals surface area contributed by atoms with Gasteiger partial charge in [-0.1, -0.05) is 66.7 Å². The van der Waals surface area contributed by atoms with E-state index in [1.54, 1.807) is 0 Å². The van der Waals surface area contributed by atoms with Gasteiger partial charge in [-0.25, -0.2) is 0 Å². The molecule has 0 spiro atoms. The van der Waals surface area contributed by atoms with Gasteiger partial charge in [0.1, 0.15) is 0 Å². The molecule has 0 aliphatic carbocycles. The van der Waals surface area contributed by atoms with Gasteiger partial charge >= 0.3 is 0 Å². The summed E-state index contributed by atoms with van der Waals surface area (Å²) in [6, 6.07) is 20.5. The number of aliphatic imine (C=N–C) groups is 1. The number of nitrogens with zero attached hydrogens (tertiary/aromatic N) is 1. The maximum Gasteiger partial charge on any atom is 0.0722 e. The smallest absolute Gasteiger partial charge is 0.0722 e. The van der Waals surface area contributed by atoms with Gasteiger partial charge in [-0.3, -0.25) is 4.99 Å². The van der Waals surface area contributed by atoms with Crippen molar-refractivity contribution in [3.05, 3.63) is 84.4 Å². The average molecular weight is 221 g/mol. The van der Waals surface area contributed by atoms with Gasteiger partial charge in [0.05, 0.1) is 12.3 Å². The van der Waals surface area contributed by atoms with Crippen molar-refractivity contribution < 1.29 is 0 Å². The molecule has 0 saturated heterocycles. The Morgan fingerprint density at radius 3 is 1.76 bits per heavy atom. The third-order valence-corrected chi connectivity index (χ3v) is 2.47. The standard InChI is InChI=1S/C16H15N/c1-2-13-17-16(14-9-5-3-6-10-14)15-11-7-4-8-12-15/h2-12H,1,13H2. The molecule has 0 saturated carbocycles. The molecule has 0 bridgehead atoms. The first kappa shape index (κ1) is 11.3. The van der Waals surface area contributed by atoms with Crippen molar-refractivity contribution in [2.75, 3.05) is 6.54 Å². The Morgan fingerprint density at radius 2 is 1.35 bits per heavy atom. The summed E-state index contributed by atoms with van der Waals surface area (Å²) in [7, 11) is 0. The van der Waals surface area contributed by atoms with Crippen LogP contribution in [0, 0.1) is 0 Å². The molecule has 84 valence electrons. The first-order valence-corrected chi connectivity index (χ1v) is 5.68. The SMILES string of the molecule is C=CCN=C(c1ccccc1)c1ccccc1. The van der Waals surface area contributed by atoms with E-state index in [9.17, 15) is 0 Å². The van der Waals surface area contributed by atoms with Crippen molar-refractivity contribution in [2.24, 2.45) is 4.99 Å². The predicted octanol–water partition coefficient (Wildman–Crippen LogP) is 3.71. The van der Waals surface area contributed by atoms with E-state index in [-0.39, 0.29) is 0 Å². The zero-order chi connectivity index (χ0) is 11.9. The van der Waals surface area contributed by atoms with Crippen LogP contribution in [0.15, 0.2) is 78.3 Å². The van der Waals surface area contributed by atoms with Crippen molar-refractivity contribution >= 4 is 5.71 Å². The van der Waals surface area contributed by atoms with E-state index in [1.165, 1.54) is 0 Å². The Hall–Kier alpha value is -2.15. The van der Waals surface area contributed by atoms with Crippen molar-refractivity contribution in [2.45, 2.75) is 0 Å². The highest BCUT2D eigenvalue weighted by Gasteiger charge is 2.04. The summed E-state index contributed by atoms with van der Waals surface area (Å²) >= 11 is 0. The fourth-order valence-electron chi connectivity index (χ4n) is 1.70. The molecule has 0 fully saturated rings. The molecule has 0 aliphatic rings. The van der Waals surface area contributed by atoms with E-state index < -0.39 is 0 Å². The molecule has 0 unspecified atom stereocenters. The molecular formula is C16H15N. The molecule has 2 aromatic carbocycles. The highest BCUT2D eigenvalue weighted by atomic mass is 14.7. The van der Waals surface area contributed by atoms with Crippen LogP contribution in [0.1, 0.15) is 11.1 Å². The van der Waals surface area contributed by atoms with Crippen LogP contribution in [0.4, 0.5) is 0 Å². The predicted molar refractivity (Wildman–Crippen MR) is 73.6 cm³/mol. The second-order valence-corrected chi connectivity index (χ2v) is 3.71. The second kappa shape index (κ2) is 5.80. The fourth-order valence-corrected chi connectivity index (χ4v) is 1.70. The summed E-state index contributed by atoms with van der Waals surface area (Å²) in [5.41, 5.74) is 3.30. The van der Waals surface area contributed by atoms with E-state index in [0.717, 1.165) is 16.8 Å². The van der Waals surface area contributed by atoms with Gasteiger partial charge < -0.3 is 0 Å². The third-order valence-electron chi connectivity index (χ3n) is 2.47. The monoisotopic (exact) mass is 221 g/mol. The minimum absolute atomic E-state index is 0.638. The molecule has 2 rings (SSSR count). The normalized spacial score (nSPS) is 9.65. The lowest BCUT2D eigenvalue weighted by atomic mass is 10.0. The number of hydrogen-bond acceptors (Lipinski definition) is 1. The first-order chi connectivity index (χ1) is 8.42. The molecule has 0 atom stereocenters. The number of benzene rings is 2. The summed E-state index contributed by atoms with van der Waals surface area (Å²) in [6.45, 7) is 4.35. The van der Waals surface area contributed by atoms with Gasteiger partial charge in [-0.05, 0) is 0 Å². The van der Waals surface area contributed by atoms with E-state index in [4.69, 9.17) is 0 Å². The minimum atomic E-state index is 0.638. The van der Waals surface area contributed by atoms with E-state index in [0.29, 0.717) is 6.54 Å². The summed E-state index contributed by atoms with van der Waals surface area (Å²) in [6.07, 6.45) is 1.81. The molecule has 0 radical (unpaired) electrons. The van der Waals surface area contributed by atoms with Crippen molar-refractivity contribution in [1.29, 1.82) is 0 Å². The average Bonchev–Trinajstić information content (AvgIpc) is 2.42. The van der Waals surface area contributed by atoms with E-state index >= 15 is 0 Å². The lowest BCUT2D eigenvalue weighted by molar-refractivity contribution is 1.24. The van der Waals surface area contributed by atoms with Crippen LogP contribution in [-0.2, 0) is 0 Å². The number of hydrogen-bond donors (Lipinski definition) is 0. The molecule has 0 heterocycles. The zero-order valence-corrected chi connectivity index (χ0v) is 9.71. The molecule has 17 heavy (non-hydrogen) atoms. The third kappa shape index (κ3) is 2.91. The van der Waals surface area contributed by atoms with Crippen LogP contribution in [0.3, 0.4) is 0 Å². The van der Waals surface area contributed by atoms with Gasteiger partial charge in [0.25, 0.3) is 0 Å². The van der Waals surface area contributed by atoms with Gasteiger partial charge in [-0.2, -0.15) is 0 Å². The van der Waals surface area contributed by atoms with Crippen molar-refractivity contribution in [1.82, 2.24) is 0 Å². The topological polar surface area (TPSA) is 12.4 Å². The highest BCUT2D eigenvalue weighted by molar-refractivity contribution is 6.12. The van der Waals surface area contributed by atoms with Crippen LogP contribution >= 0.6 is 0 Å². The quantitative estimate of drug-likeness (QED) is 0.551. The lowest BCUT2D eigenvalue weighted by Gasteiger charge is -2.06. The maximum atomic E-state index is 4.58. The Labute approximate surface area is 102 Å². The maximum absolute atomic E-state index is 4.58. The summed E-state index contributed by atoms with van der Waals surface area (Å²) in [5, 5.41) is 0. The van der Waals surface area contributed by atoms with Gasteiger partial charge in [0.15, 0.2) is 0 Å². The molecule has 2 aromatic rings. The molecular weight excluding hydrogens is 206 g/mol. The summed E-state index contributed by atoms with van der Waals surface area (Å²) in [5.74, 6) is 0. The van der Waals surface area contributed by atoms with Crippen LogP contribution in [0.25, 0.3) is 0 Å². The summed E-state index contributed by atoms with van der Waals surface area (Å²) < 4.78 is 0. The molecule has 1 nitrogen and oxygen atoms in total. The number of rotatable bonds is 4. The Morgan fingerprint density at radius 1 is 0.882 bits per heavy atom. The molecule has 0 amide bonds.